The van der Waals surface area contributed by atoms with Crippen LogP contribution >= 0.6 is 0 Å². The van der Waals surface area contributed by atoms with Crippen molar-refractivity contribution in [3.05, 3.63) is 47.9 Å². The molecular weight excluding hydrogens is 396 g/mol. The summed E-state index contributed by atoms with van der Waals surface area (Å²) in [7, 11) is -3.06. The van der Waals surface area contributed by atoms with Crippen molar-refractivity contribution in [3.63, 3.8) is 0 Å². The van der Waals surface area contributed by atoms with Crippen LogP contribution in [0.2, 0.25) is 0 Å². The summed E-state index contributed by atoms with van der Waals surface area (Å²) >= 11 is 0. The van der Waals surface area contributed by atoms with Crippen LogP contribution in [0.3, 0.4) is 0 Å². The van der Waals surface area contributed by atoms with Gasteiger partial charge < -0.3 is 19.2 Å². The van der Waals surface area contributed by atoms with Crippen LogP contribution in [0.1, 0.15) is 30.7 Å². The summed E-state index contributed by atoms with van der Waals surface area (Å²) in [5.41, 5.74) is 0.906. The molecule has 1 fully saturated rings. The molecule has 0 saturated carbocycles. The van der Waals surface area contributed by atoms with Crippen molar-refractivity contribution in [3.8, 4) is 11.5 Å². The monoisotopic (exact) mass is 420 g/mol. The molecule has 2 aliphatic heterocycles. The summed E-state index contributed by atoms with van der Waals surface area (Å²) in [6, 6.07) is 8.75. The smallest absolute Gasteiger partial charge is 0.234 e. The molecule has 0 radical (unpaired) electrons. The van der Waals surface area contributed by atoms with Crippen molar-refractivity contribution in [1.29, 1.82) is 0 Å². The molecule has 2 aromatic rings. The Morgan fingerprint density at radius 2 is 2.10 bits per heavy atom. The number of nitrogens with zero attached hydrogens (tertiary/aromatic N) is 1. The Hall–Kier alpha value is -2.52. The fraction of sp³-hybridized carbons (Fsp3) is 0.450. The summed E-state index contributed by atoms with van der Waals surface area (Å²) in [5, 5.41) is 2.98. The lowest BCUT2D eigenvalue weighted by Crippen LogP contribution is -2.43. The minimum atomic E-state index is -3.06. The molecule has 1 saturated heterocycles. The highest BCUT2D eigenvalue weighted by Gasteiger charge is 2.33. The molecule has 1 amide bonds. The number of hydrogen-bond donors (Lipinski definition) is 1. The Morgan fingerprint density at radius 3 is 2.83 bits per heavy atom. The van der Waals surface area contributed by atoms with E-state index < -0.39 is 9.84 Å². The minimum Gasteiger partial charge on any atom is -0.468 e. The molecule has 1 aromatic carbocycles. The fourth-order valence-corrected chi connectivity index (χ4v) is 5.48. The molecular formula is C20H24N2O6S. The molecule has 156 valence electrons. The van der Waals surface area contributed by atoms with Crippen molar-refractivity contribution in [1.82, 2.24) is 10.2 Å². The summed E-state index contributed by atoms with van der Waals surface area (Å²) in [5.74, 6) is 2.11. The second-order valence-electron chi connectivity index (χ2n) is 7.44. The quantitative estimate of drug-likeness (QED) is 0.730. The predicted octanol–water partition coefficient (Wildman–Crippen LogP) is 1.87. The maximum Gasteiger partial charge on any atom is 0.234 e. The summed E-state index contributed by atoms with van der Waals surface area (Å²) < 4.78 is 39.9. The zero-order chi connectivity index (χ0) is 20.4. The van der Waals surface area contributed by atoms with Gasteiger partial charge in [-0.2, -0.15) is 0 Å². The van der Waals surface area contributed by atoms with Gasteiger partial charge in [-0.1, -0.05) is 6.07 Å². The zero-order valence-corrected chi connectivity index (χ0v) is 17.0. The maximum absolute atomic E-state index is 12.7. The molecule has 4 rings (SSSR count). The first-order valence-electron chi connectivity index (χ1n) is 9.55. The standard InChI is InChI=1S/C20H24N2O6S/c1-14(15-4-5-18-19(9-15)28-13-27-18)21-20(23)11-22(10-17-3-2-7-26-17)16-6-8-29(24,25)12-16/h2-5,7,9,14,16H,6,8,10-13H2,1H3,(H,21,23)/t14-,16-/m0/s1. The van der Waals surface area contributed by atoms with Crippen molar-refractivity contribution in [2.24, 2.45) is 0 Å². The third-order valence-corrected chi connectivity index (χ3v) is 7.03. The van der Waals surface area contributed by atoms with E-state index in [2.05, 4.69) is 5.32 Å². The lowest BCUT2D eigenvalue weighted by molar-refractivity contribution is -0.123. The largest absolute Gasteiger partial charge is 0.468 e. The molecule has 0 aliphatic carbocycles. The predicted molar refractivity (Wildman–Crippen MR) is 105 cm³/mol. The highest BCUT2D eigenvalue weighted by molar-refractivity contribution is 7.91. The van der Waals surface area contributed by atoms with Crippen molar-refractivity contribution in [2.45, 2.75) is 32.0 Å². The van der Waals surface area contributed by atoms with E-state index in [4.69, 9.17) is 13.9 Å². The van der Waals surface area contributed by atoms with Crippen LogP contribution in [0.15, 0.2) is 41.0 Å². The van der Waals surface area contributed by atoms with Gasteiger partial charge in [-0.15, -0.1) is 0 Å². The van der Waals surface area contributed by atoms with Crippen LogP contribution in [-0.4, -0.2) is 50.1 Å². The molecule has 1 N–H and O–H groups in total. The Balaban J connectivity index is 1.41. The minimum absolute atomic E-state index is 0.0682. The summed E-state index contributed by atoms with van der Waals surface area (Å²) in [6.07, 6.45) is 2.09. The summed E-state index contributed by atoms with van der Waals surface area (Å²) in [4.78, 5) is 14.6. The van der Waals surface area contributed by atoms with E-state index in [0.29, 0.717) is 30.2 Å². The lowest BCUT2D eigenvalue weighted by Gasteiger charge is -2.27. The van der Waals surface area contributed by atoms with Crippen molar-refractivity contribution in [2.75, 3.05) is 24.8 Å². The van der Waals surface area contributed by atoms with Crippen LogP contribution in [0, 0.1) is 0 Å². The molecule has 0 spiro atoms. The topological polar surface area (TPSA) is 98.1 Å². The van der Waals surface area contributed by atoms with Crippen LogP contribution < -0.4 is 14.8 Å². The number of rotatable bonds is 7. The number of sulfone groups is 1. The van der Waals surface area contributed by atoms with Gasteiger partial charge in [0.1, 0.15) is 5.76 Å². The van der Waals surface area contributed by atoms with E-state index in [9.17, 15) is 13.2 Å². The molecule has 0 unspecified atom stereocenters. The molecule has 8 nitrogen and oxygen atoms in total. The normalized spacial score (nSPS) is 20.7. The number of benzene rings is 1. The number of nitrogens with one attached hydrogen (secondary N) is 1. The molecule has 1 aromatic heterocycles. The first kappa shape index (κ1) is 19.8. The molecule has 9 heteroatoms. The first-order chi connectivity index (χ1) is 13.9. The highest BCUT2D eigenvalue weighted by atomic mass is 32.2. The molecule has 2 atom stereocenters. The number of carbonyl (C=O) groups is 1. The second-order valence-corrected chi connectivity index (χ2v) is 9.67. The third-order valence-electron chi connectivity index (χ3n) is 5.28. The average molecular weight is 420 g/mol. The number of fused-ring (bicyclic) bond motifs is 1. The van der Waals surface area contributed by atoms with Gasteiger partial charge >= 0.3 is 0 Å². The van der Waals surface area contributed by atoms with E-state index in [1.165, 1.54) is 0 Å². The van der Waals surface area contributed by atoms with Crippen molar-refractivity contribution >= 4 is 15.7 Å². The lowest BCUT2D eigenvalue weighted by atomic mass is 10.1. The Bertz CT molecular complexity index is 973. The van der Waals surface area contributed by atoms with Crippen LogP contribution in [-0.2, 0) is 21.2 Å². The number of hydrogen-bond acceptors (Lipinski definition) is 7. The Kier molecular flexibility index (Phi) is 5.51. The molecule has 3 heterocycles. The van der Waals surface area contributed by atoms with Crippen LogP contribution in [0.4, 0.5) is 0 Å². The van der Waals surface area contributed by atoms with Gasteiger partial charge in [-0.25, -0.2) is 8.42 Å². The van der Waals surface area contributed by atoms with Gasteiger partial charge in [-0.3, -0.25) is 9.69 Å². The number of amides is 1. The van der Waals surface area contributed by atoms with E-state index in [0.717, 1.165) is 5.56 Å². The number of furan rings is 1. The molecule has 29 heavy (non-hydrogen) atoms. The third kappa shape index (κ3) is 4.73. The Labute approximate surface area is 169 Å². The molecule has 2 aliphatic rings. The van der Waals surface area contributed by atoms with E-state index in [1.54, 1.807) is 12.3 Å². The second kappa shape index (κ2) is 8.08. The first-order valence-corrected chi connectivity index (χ1v) is 11.4. The van der Waals surface area contributed by atoms with Crippen LogP contribution in [0.25, 0.3) is 0 Å². The van der Waals surface area contributed by atoms with Gasteiger partial charge in [0.05, 0.1) is 36.9 Å². The number of ether oxygens (including phenoxy) is 2. The van der Waals surface area contributed by atoms with Crippen LogP contribution in [0.5, 0.6) is 11.5 Å². The van der Waals surface area contributed by atoms with Crippen molar-refractivity contribution < 1.29 is 27.1 Å². The van der Waals surface area contributed by atoms with Gasteiger partial charge in [-0.05, 0) is 43.2 Å². The zero-order valence-electron chi connectivity index (χ0n) is 16.2. The van der Waals surface area contributed by atoms with Gasteiger partial charge in [0.2, 0.25) is 12.7 Å². The van der Waals surface area contributed by atoms with E-state index in [1.807, 2.05) is 36.1 Å². The van der Waals surface area contributed by atoms with Gasteiger partial charge in [0, 0.05) is 6.04 Å². The average Bonchev–Trinajstić information content (AvgIpc) is 3.41. The molecule has 0 bridgehead atoms. The van der Waals surface area contributed by atoms with E-state index >= 15 is 0 Å². The Morgan fingerprint density at radius 1 is 1.28 bits per heavy atom. The highest BCUT2D eigenvalue weighted by Crippen LogP contribution is 2.34. The summed E-state index contributed by atoms with van der Waals surface area (Å²) in [6.45, 7) is 2.58. The van der Waals surface area contributed by atoms with Gasteiger partial charge in [0.25, 0.3) is 0 Å². The maximum atomic E-state index is 12.7. The van der Waals surface area contributed by atoms with E-state index in [-0.39, 0.29) is 42.8 Å². The van der Waals surface area contributed by atoms with Gasteiger partial charge in [0.15, 0.2) is 21.3 Å². The SMILES string of the molecule is C[C@H](NC(=O)CN(Cc1ccco1)[C@H]1CCS(=O)(=O)C1)c1ccc2c(c1)OCO2. The number of carbonyl (C=O) groups excluding carboxylic acids is 1. The fourth-order valence-electron chi connectivity index (χ4n) is 3.72.